The van der Waals surface area contributed by atoms with Crippen LogP contribution in [0.3, 0.4) is 0 Å². The molecule has 2 rings (SSSR count). The summed E-state index contributed by atoms with van der Waals surface area (Å²) in [6, 6.07) is 14.5. The normalized spacial score (nSPS) is 11.7. The number of methoxy groups -OCH3 is 1. The SMILES string of the molecule is CC[C@H](C(=O)NCC(C)C)N(Cc1ccccc1C)C(=O)COc1ccccc1OC. The smallest absolute Gasteiger partial charge is 0.261 e. The second kappa shape index (κ2) is 12.0. The Morgan fingerprint density at radius 3 is 2.29 bits per heavy atom. The van der Waals surface area contributed by atoms with Crippen LogP contribution < -0.4 is 14.8 Å². The summed E-state index contributed by atoms with van der Waals surface area (Å²) in [7, 11) is 1.56. The minimum absolute atomic E-state index is 0.143. The number of rotatable bonds is 11. The fourth-order valence-corrected chi connectivity index (χ4v) is 3.27. The first kappa shape index (κ1) is 24.3. The zero-order chi connectivity index (χ0) is 22.8. The monoisotopic (exact) mass is 426 g/mol. The zero-order valence-corrected chi connectivity index (χ0v) is 19.2. The van der Waals surface area contributed by atoms with Crippen molar-refractivity contribution < 1.29 is 19.1 Å². The maximum Gasteiger partial charge on any atom is 0.261 e. The molecular weight excluding hydrogens is 392 g/mol. The van der Waals surface area contributed by atoms with Crippen molar-refractivity contribution in [1.82, 2.24) is 10.2 Å². The van der Waals surface area contributed by atoms with Crippen molar-refractivity contribution in [2.24, 2.45) is 5.92 Å². The molecule has 0 heterocycles. The maximum absolute atomic E-state index is 13.3. The highest BCUT2D eigenvalue weighted by Gasteiger charge is 2.29. The summed E-state index contributed by atoms with van der Waals surface area (Å²) in [6.07, 6.45) is 0.510. The predicted molar refractivity (Wildman–Crippen MR) is 122 cm³/mol. The average molecular weight is 427 g/mol. The Bertz CT molecular complexity index is 866. The summed E-state index contributed by atoms with van der Waals surface area (Å²) < 4.78 is 11.1. The highest BCUT2D eigenvalue weighted by Crippen LogP contribution is 2.26. The van der Waals surface area contributed by atoms with E-state index in [1.807, 2.05) is 64.1 Å². The van der Waals surface area contributed by atoms with Crippen LogP contribution in [0.5, 0.6) is 11.5 Å². The molecule has 0 radical (unpaired) electrons. The second-order valence-corrected chi connectivity index (χ2v) is 7.95. The molecule has 0 aliphatic rings. The maximum atomic E-state index is 13.3. The number of carbonyl (C=O) groups is 2. The molecule has 31 heavy (non-hydrogen) atoms. The van der Waals surface area contributed by atoms with Gasteiger partial charge in [-0.15, -0.1) is 0 Å². The lowest BCUT2D eigenvalue weighted by Crippen LogP contribution is -2.50. The van der Waals surface area contributed by atoms with Crippen molar-refractivity contribution in [3.8, 4) is 11.5 Å². The van der Waals surface area contributed by atoms with Crippen LogP contribution >= 0.6 is 0 Å². The quantitative estimate of drug-likeness (QED) is 0.591. The van der Waals surface area contributed by atoms with Crippen molar-refractivity contribution >= 4 is 11.8 Å². The van der Waals surface area contributed by atoms with Crippen LogP contribution in [-0.4, -0.2) is 43.0 Å². The molecule has 0 unspecified atom stereocenters. The molecule has 168 valence electrons. The molecular formula is C25H34N2O4. The fraction of sp³-hybridized carbons (Fsp3) is 0.440. The van der Waals surface area contributed by atoms with E-state index in [1.54, 1.807) is 24.1 Å². The summed E-state index contributed by atoms with van der Waals surface area (Å²) in [5, 5.41) is 2.97. The number of carbonyl (C=O) groups excluding carboxylic acids is 2. The molecule has 0 saturated carbocycles. The van der Waals surface area contributed by atoms with Crippen molar-refractivity contribution in [3.63, 3.8) is 0 Å². The Labute approximate surface area is 185 Å². The lowest BCUT2D eigenvalue weighted by Gasteiger charge is -2.31. The number of hydrogen-bond acceptors (Lipinski definition) is 4. The molecule has 0 saturated heterocycles. The molecule has 6 heteroatoms. The van der Waals surface area contributed by atoms with E-state index in [4.69, 9.17) is 9.47 Å². The summed E-state index contributed by atoms with van der Waals surface area (Å²) in [6.45, 7) is 8.73. The molecule has 6 nitrogen and oxygen atoms in total. The topological polar surface area (TPSA) is 67.9 Å². The highest BCUT2D eigenvalue weighted by molar-refractivity contribution is 5.88. The molecule has 1 N–H and O–H groups in total. The minimum atomic E-state index is -0.577. The Balaban J connectivity index is 2.23. The van der Waals surface area contributed by atoms with Crippen molar-refractivity contribution in [3.05, 3.63) is 59.7 Å². The Kier molecular flexibility index (Phi) is 9.38. The molecule has 0 aliphatic carbocycles. The van der Waals surface area contributed by atoms with Gasteiger partial charge in [-0.1, -0.05) is 57.2 Å². The summed E-state index contributed by atoms with van der Waals surface area (Å²) in [5.74, 6) is 0.987. The number of nitrogens with zero attached hydrogens (tertiary/aromatic N) is 1. The first-order valence-corrected chi connectivity index (χ1v) is 10.7. The van der Waals surface area contributed by atoms with Gasteiger partial charge >= 0.3 is 0 Å². The third-order valence-electron chi connectivity index (χ3n) is 5.09. The number of amides is 2. The Morgan fingerprint density at radius 1 is 1.03 bits per heavy atom. The van der Waals surface area contributed by atoms with E-state index in [-0.39, 0.29) is 18.4 Å². The summed E-state index contributed by atoms with van der Waals surface area (Å²) in [4.78, 5) is 27.8. The molecule has 0 aliphatic heterocycles. The first-order chi connectivity index (χ1) is 14.9. The molecule has 2 aromatic rings. The van der Waals surface area contributed by atoms with Crippen LogP contribution in [0.2, 0.25) is 0 Å². The van der Waals surface area contributed by atoms with Crippen molar-refractivity contribution in [2.75, 3.05) is 20.3 Å². The number of benzene rings is 2. The van der Waals surface area contributed by atoms with Gasteiger partial charge in [0.25, 0.3) is 5.91 Å². The van der Waals surface area contributed by atoms with Crippen LogP contribution in [0.4, 0.5) is 0 Å². The van der Waals surface area contributed by atoms with Gasteiger partial charge in [-0.05, 0) is 42.5 Å². The molecule has 2 aromatic carbocycles. The Morgan fingerprint density at radius 2 is 1.68 bits per heavy atom. The van der Waals surface area contributed by atoms with Gasteiger partial charge in [0.05, 0.1) is 7.11 Å². The van der Waals surface area contributed by atoms with E-state index >= 15 is 0 Å². The third kappa shape index (κ3) is 7.02. The van der Waals surface area contributed by atoms with Crippen LogP contribution in [-0.2, 0) is 16.1 Å². The standard InChI is InChI=1S/C25H34N2O4/c1-6-21(25(29)26-15-18(2)3)27(16-20-12-8-7-11-19(20)4)24(28)17-31-23-14-10-9-13-22(23)30-5/h7-14,18,21H,6,15-17H2,1-5H3,(H,26,29)/t21-/m1/s1. The van der Waals surface area contributed by atoms with E-state index in [9.17, 15) is 9.59 Å². The van der Waals surface area contributed by atoms with E-state index in [2.05, 4.69) is 5.32 Å². The summed E-state index contributed by atoms with van der Waals surface area (Å²) >= 11 is 0. The number of nitrogens with one attached hydrogen (secondary N) is 1. The van der Waals surface area contributed by atoms with Crippen LogP contribution in [0.1, 0.15) is 38.3 Å². The minimum Gasteiger partial charge on any atom is -0.493 e. The largest absolute Gasteiger partial charge is 0.493 e. The molecule has 0 fully saturated rings. The molecule has 0 bridgehead atoms. The van der Waals surface area contributed by atoms with Crippen LogP contribution in [0, 0.1) is 12.8 Å². The number of ether oxygens (including phenoxy) is 2. The average Bonchev–Trinajstić information content (AvgIpc) is 2.77. The molecule has 0 aromatic heterocycles. The third-order valence-corrected chi connectivity index (χ3v) is 5.09. The van der Waals surface area contributed by atoms with E-state index < -0.39 is 6.04 Å². The van der Waals surface area contributed by atoms with Crippen LogP contribution in [0.25, 0.3) is 0 Å². The van der Waals surface area contributed by atoms with E-state index in [1.165, 1.54) is 0 Å². The van der Waals surface area contributed by atoms with Crippen LogP contribution in [0.15, 0.2) is 48.5 Å². The van der Waals surface area contributed by atoms with Crippen molar-refractivity contribution in [2.45, 2.75) is 46.7 Å². The first-order valence-electron chi connectivity index (χ1n) is 10.7. The lowest BCUT2D eigenvalue weighted by molar-refractivity contribution is -0.143. The number of aryl methyl sites for hydroxylation is 1. The number of para-hydroxylation sites is 2. The molecule has 1 atom stereocenters. The predicted octanol–water partition coefficient (Wildman–Crippen LogP) is 3.96. The van der Waals surface area contributed by atoms with Gasteiger partial charge in [0.2, 0.25) is 5.91 Å². The van der Waals surface area contributed by atoms with Gasteiger partial charge in [-0.2, -0.15) is 0 Å². The Hall–Kier alpha value is -3.02. The van der Waals surface area contributed by atoms with E-state index in [0.717, 1.165) is 11.1 Å². The van der Waals surface area contributed by atoms with Gasteiger partial charge in [-0.3, -0.25) is 9.59 Å². The summed E-state index contributed by atoms with van der Waals surface area (Å²) in [5.41, 5.74) is 2.08. The van der Waals surface area contributed by atoms with Gasteiger partial charge in [0.1, 0.15) is 6.04 Å². The fourth-order valence-electron chi connectivity index (χ4n) is 3.27. The molecule has 0 spiro atoms. The van der Waals surface area contributed by atoms with Crippen molar-refractivity contribution in [1.29, 1.82) is 0 Å². The molecule has 2 amide bonds. The van der Waals surface area contributed by atoms with Gasteiger partial charge in [0, 0.05) is 13.1 Å². The van der Waals surface area contributed by atoms with Gasteiger partial charge in [-0.25, -0.2) is 0 Å². The zero-order valence-electron chi connectivity index (χ0n) is 19.2. The second-order valence-electron chi connectivity index (χ2n) is 7.95. The number of hydrogen-bond donors (Lipinski definition) is 1. The van der Waals surface area contributed by atoms with Gasteiger partial charge < -0.3 is 19.7 Å². The van der Waals surface area contributed by atoms with E-state index in [0.29, 0.717) is 36.9 Å². The van der Waals surface area contributed by atoms with Gasteiger partial charge in [0.15, 0.2) is 18.1 Å². The lowest BCUT2D eigenvalue weighted by atomic mass is 10.1. The highest BCUT2D eigenvalue weighted by atomic mass is 16.5.